The minimum atomic E-state index is -0.546. The van der Waals surface area contributed by atoms with E-state index in [1.165, 1.54) is 0 Å². The Balaban J connectivity index is 2.20. The van der Waals surface area contributed by atoms with Gasteiger partial charge in [0.05, 0.1) is 0 Å². The van der Waals surface area contributed by atoms with Gasteiger partial charge in [0.15, 0.2) is 5.76 Å². The van der Waals surface area contributed by atoms with Gasteiger partial charge in [0.2, 0.25) is 0 Å². The summed E-state index contributed by atoms with van der Waals surface area (Å²) in [6, 6.07) is 11.6. The van der Waals surface area contributed by atoms with E-state index >= 15 is 0 Å². The number of rotatable bonds is 4. The third kappa shape index (κ3) is 2.31. The zero-order valence-electron chi connectivity index (χ0n) is 9.26. The van der Waals surface area contributed by atoms with Gasteiger partial charge in [-0.3, -0.25) is 0 Å². The summed E-state index contributed by atoms with van der Waals surface area (Å²) in [4.78, 5) is 0. The molecule has 1 aromatic heterocycles. The Bertz CT molecular complexity index is 436. The van der Waals surface area contributed by atoms with E-state index in [1.54, 1.807) is 6.07 Å². The summed E-state index contributed by atoms with van der Waals surface area (Å²) < 4.78 is 5.13. The number of aromatic nitrogens is 1. The van der Waals surface area contributed by atoms with Crippen LogP contribution in [-0.2, 0) is 0 Å². The first-order valence-corrected chi connectivity index (χ1v) is 5.51. The first-order chi connectivity index (χ1) is 7.81. The molecule has 0 bridgehead atoms. The number of hydrogen-bond acceptors (Lipinski definition) is 3. The maximum Gasteiger partial charge on any atom is 0.165 e. The molecule has 2 rings (SSSR count). The highest BCUT2D eigenvalue weighted by molar-refractivity contribution is 5.58. The van der Waals surface area contributed by atoms with Gasteiger partial charge in [-0.25, -0.2) is 0 Å². The molecule has 0 radical (unpaired) electrons. The summed E-state index contributed by atoms with van der Waals surface area (Å²) in [5.74, 6) is 0.542. The summed E-state index contributed by atoms with van der Waals surface area (Å²) in [5, 5.41) is 13.7. The van der Waals surface area contributed by atoms with Crippen molar-refractivity contribution in [1.82, 2.24) is 5.16 Å². The Kier molecular flexibility index (Phi) is 3.37. The second kappa shape index (κ2) is 4.94. The van der Waals surface area contributed by atoms with Crippen molar-refractivity contribution in [1.29, 1.82) is 0 Å². The molecule has 1 unspecified atom stereocenters. The van der Waals surface area contributed by atoms with Gasteiger partial charge in [-0.1, -0.05) is 48.8 Å². The van der Waals surface area contributed by atoms with Gasteiger partial charge in [0.25, 0.3) is 0 Å². The number of benzene rings is 1. The van der Waals surface area contributed by atoms with Gasteiger partial charge in [-0.15, -0.1) is 0 Å². The van der Waals surface area contributed by atoms with Crippen LogP contribution < -0.4 is 0 Å². The molecule has 0 aliphatic carbocycles. The Morgan fingerprint density at radius 2 is 2.06 bits per heavy atom. The summed E-state index contributed by atoms with van der Waals surface area (Å²) in [5.41, 5.74) is 1.77. The Hall–Kier alpha value is -1.61. The summed E-state index contributed by atoms with van der Waals surface area (Å²) >= 11 is 0. The molecule has 0 aliphatic heterocycles. The first-order valence-electron chi connectivity index (χ1n) is 5.51. The van der Waals surface area contributed by atoms with Gasteiger partial charge in [0.1, 0.15) is 11.8 Å². The van der Waals surface area contributed by atoms with Crippen molar-refractivity contribution in [3.63, 3.8) is 0 Å². The monoisotopic (exact) mass is 217 g/mol. The van der Waals surface area contributed by atoms with Gasteiger partial charge in [0, 0.05) is 11.6 Å². The SMILES string of the molecule is CCCC(O)c1cc(-c2ccccc2)no1. The molecule has 3 heteroatoms. The molecule has 1 heterocycles. The lowest BCUT2D eigenvalue weighted by Crippen LogP contribution is -1.93. The van der Waals surface area contributed by atoms with Crippen LogP contribution in [0, 0.1) is 0 Å². The molecule has 84 valence electrons. The molecule has 16 heavy (non-hydrogen) atoms. The van der Waals surface area contributed by atoms with E-state index in [0.29, 0.717) is 12.2 Å². The van der Waals surface area contributed by atoms with E-state index in [4.69, 9.17) is 4.52 Å². The Morgan fingerprint density at radius 1 is 1.31 bits per heavy atom. The highest BCUT2D eigenvalue weighted by atomic mass is 16.5. The number of hydrogen-bond donors (Lipinski definition) is 1. The third-order valence-electron chi connectivity index (χ3n) is 2.49. The maximum atomic E-state index is 9.75. The van der Waals surface area contributed by atoms with Crippen molar-refractivity contribution >= 4 is 0 Å². The maximum absolute atomic E-state index is 9.75. The van der Waals surface area contributed by atoms with Crippen molar-refractivity contribution in [2.75, 3.05) is 0 Å². The zero-order valence-corrected chi connectivity index (χ0v) is 9.26. The minimum Gasteiger partial charge on any atom is -0.385 e. The van der Waals surface area contributed by atoms with E-state index in [2.05, 4.69) is 5.16 Å². The molecule has 0 saturated heterocycles. The van der Waals surface area contributed by atoms with E-state index in [1.807, 2.05) is 37.3 Å². The van der Waals surface area contributed by atoms with Crippen LogP contribution in [0.3, 0.4) is 0 Å². The van der Waals surface area contributed by atoms with Crippen LogP contribution in [0.25, 0.3) is 11.3 Å². The van der Waals surface area contributed by atoms with Crippen LogP contribution in [0.2, 0.25) is 0 Å². The molecule has 1 N–H and O–H groups in total. The highest BCUT2D eigenvalue weighted by Crippen LogP contribution is 2.24. The fraction of sp³-hybridized carbons (Fsp3) is 0.308. The van der Waals surface area contributed by atoms with E-state index in [0.717, 1.165) is 17.7 Å². The van der Waals surface area contributed by atoms with Gasteiger partial charge in [-0.2, -0.15) is 0 Å². The Labute approximate surface area is 94.7 Å². The number of nitrogens with zero attached hydrogens (tertiary/aromatic N) is 1. The predicted octanol–water partition coefficient (Wildman–Crippen LogP) is 3.18. The molecule has 0 amide bonds. The summed E-state index contributed by atoms with van der Waals surface area (Å²) in [6.07, 6.45) is 1.07. The third-order valence-corrected chi connectivity index (χ3v) is 2.49. The molecule has 2 aromatic rings. The number of aliphatic hydroxyl groups excluding tert-OH is 1. The molecule has 0 spiro atoms. The van der Waals surface area contributed by atoms with Crippen molar-refractivity contribution in [3.05, 3.63) is 42.2 Å². The van der Waals surface area contributed by atoms with E-state index in [-0.39, 0.29) is 0 Å². The van der Waals surface area contributed by atoms with Crippen LogP contribution in [0.1, 0.15) is 31.6 Å². The highest BCUT2D eigenvalue weighted by Gasteiger charge is 2.13. The Morgan fingerprint density at radius 3 is 2.75 bits per heavy atom. The molecule has 0 aliphatic rings. The van der Waals surface area contributed by atoms with Crippen LogP contribution >= 0.6 is 0 Å². The fourth-order valence-electron chi connectivity index (χ4n) is 1.61. The van der Waals surface area contributed by atoms with Crippen LogP contribution in [0.15, 0.2) is 40.9 Å². The lowest BCUT2D eigenvalue weighted by molar-refractivity contribution is 0.130. The van der Waals surface area contributed by atoms with Crippen molar-refractivity contribution in [2.45, 2.75) is 25.9 Å². The molecular formula is C13H15NO2. The van der Waals surface area contributed by atoms with Crippen LogP contribution in [0.4, 0.5) is 0 Å². The minimum absolute atomic E-state index is 0.542. The van der Waals surface area contributed by atoms with E-state index in [9.17, 15) is 5.11 Å². The molecule has 0 saturated carbocycles. The van der Waals surface area contributed by atoms with Gasteiger partial charge in [-0.05, 0) is 6.42 Å². The predicted molar refractivity (Wildman–Crippen MR) is 61.8 cm³/mol. The lowest BCUT2D eigenvalue weighted by atomic mass is 10.1. The fourth-order valence-corrected chi connectivity index (χ4v) is 1.61. The van der Waals surface area contributed by atoms with Crippen molar-refractivity contribution < 1.29 is 9.63 Å². The molecule has 1 aromatic carbocycles. The standard InChI is InChI=1S/C13H15NO2/c1-2-6-12(15)13-9-11(14-16-13)10-7-4-3-5-8-10/h3-5,7-9,12,15H,2,6H2,1H3. The normalized spacial score (nSPS) is 12.6. The zero-order chi connectivity index (χ0) is 11.4. The second-order valence-corrected chi connectivity index (χ2v) is 3.79. The molecule has 0 fully saturated rings. The lowest BCUT2D eigenvalue weighted by Gasteiger charge is -2.02. The van der Waals surface area contributed by atoms with Crippen LogP contribution in [0.5, 0.6) is 0 Å². The second-order valence-electron chi connectivity index (χ2n) is 3.79. The average Bonchev–Trinajstić information content (AvgIpc) is 2.80. The molecular weight excluding hydrogens is 202 g/mol. The largest absolute Gasteiger partial charge is 0.385 e. The smallest absolute Gasteiger partial charge is 0.165 e. The molecule has 3 nitrogen and oxygen atoms in total. The van der Waals surface area contributed by atoms with Crippen molar-refractivity contribution in [3.8, 4) is 11.3 Å². The summed E-state index contributed by atoms with van der Waals surface area (Å²) in [6.45, 7) is 2.03. The van der Waals surface area contributed by atoms with Crippen LogP contribution in [-0.4, -0.2) is 10.3 Å². The topological polar surface area (TPSA) is 46.3 Å². The summed E-state index contributed by atoms with van der Waals surface area (Å²) in [7, 11) is 0. The first kappa shape index (κ1) is 10.9. The van der Waals surface area contributed by atoms with Gasteiger partial charge < -0.3 is 9.63 Å². The molecule has 1 atom stereocenters. The average molecular weight is 217 g/mol. The quantitative estimate of drug-likeness (QED) is 0.855. The van der Waals surface area contributed by atoms with Gasteiger partial charge >= 0.3 is 0 Å². The van der Waals surface area contributed by atoms with Crippen molar-refractivity contribution in [2.24, 2.45) is 0 Å². The number of aliphatic hydroxyl groups is 1. The van der Waals surface area contributed by atoms with E-state index < -0.39 is 6.10 Å².